The Labute approximate surface area is 311 Å². The van der Waals surface area contributed by atoms with E-state index in [0.29, 0.717) is 75.1 Å². The molecule has 0 radical (unpaired) electrons. The number of nitrogens with zero attached hydrogens (tertiary/aromatic N) is 7. The first-order valence-corrected chi connectivity index (χ1v) is 17.8. The average Bonchev–Trinajstić information content (AvgIpc) is 3.74. The third-order valence-corrected chi connectivity index (χ3v) is 10.8. The van der Waals surface area contributed by atoms with Gasteiger partial charge >= 0.3 is 12.2 Å². The molecule has 3 aromatic heterocycles. The van der Waals surface area contributed by atoms with Crippen LogP contribution in [0.25, 0.3) is 11.4 Å². The van der Waals surface area contributed by atoms with Crippen molar-refractivity contribution in [3.05, 3.63) is 86.3 Å². The molecule has 284 valence electrons. The molecule has 7 rings (SSSR count). The number of carbonyl (C=O) groups excluding carboxylic acids is 3. The molecule has 1 unspecified atom stereocenters. The third-order valence-electron chi connectivity index (χ3n) is 10.5. The highest BCUT2D eigenvalue weighted by atomic mass is 35.5. The number of alkyl halides is 3. The number of halogens is 4. The summed E-state index contributed by atoms with van der Waals surface area (Å²) in [7, 11) is 3.32. The van der Waals surface area contributed by atoms with Crippen molar-refractivity contribution < 1.29 is 32.7 Å². The van der Waals surface area contributed by atoms with Crippen molar-refractivity contribution in [2.24, 2.45) is 0 Å². The van der Waals surface area contributed by atoms with Gasteiger partial charge in [0.15, 0.2) is 11.5 Å². The summed E-state index contributed by atoms with van der Waals surface area (Å²) < 4.78 is 42.6. The Hall–Kier alpha value is -5.45. The second-order valence-electron chi connectivity index (χ2n) is 14.1. The van der Waals surface area contributed by atoms with Gasteiger partial charge in [-0.15, -0.1) is 5.10 Å². The maximum Gasteiger partial charge on any atom is 0.416 e. The van der Waals surface area contributed by atoms with Crippen LogP contribution < -0.4 is 16.2 Å². The van der Waals surface area contributed by atoms with Crippen molar-refractivity contribution in [1.82, 2.24) is 39.3 Å². The molecule has 1 spiro atoms. The fourth-order valence-electron chi connectivity index (χ4n) is 7.62. The number of amides is 4. The maximum absolute atomic E-state index is 14.4. The van der Waals surface area contributed by atoms with Gasteiger partial charge in [-0.1, -0.05) is 17.7 Å². The highest BCUT2D eigenvalue weighted by Crippen LogP contribution is 2.45. The molecule has 4 aromatic rings. The van der Waals surface area contributed by atoms with Gasteiger partial charge < -0.3 is 30.1 Å². The lowest BCUT2D eigenvalue weighted by molar-refractivity contribution is -0.137. The summed E-state index contributed by atoms with van der Waals surface area (Å²) in [5.41, 5.74) is -0.209. The summed E-state index contributed by atoms with van der Waals surface area (Å²) in [6.45, 7) is 0.234. The fraction of sp³-hybridized carbons (Fsp3) is 0.417. The van der Waals surface area contributed by atoms with Gasteiger partial charge in [0.05, 0.1) is 16.3 Å². The van der Waals surface area contributed by atoms with E-state index >= 15 is 0 Å². The number of aromatic nitrogens is 5. The third kappa shape index (κ3) is 6.87. The molecule has 0 saturated carbocycles. The Morgan fingerprint density at radius 1 is 1.11 bits per heavy atom. The average molecular weight is 768 g/mol. The maximum atomic E-state index is 14.4. The van der Waals surface area contributed by atoms with Crippen LogP contribution in [0.3, 0.4) is 0 Å². The van der Waals surface area contributed by atoms with E-state index < -0.39 is 29.0 Å². The van der Waals surface area contributed by atoms with Gasteiger partial charge in [-0.05, 0) is 80.9 Å². The number of carbonyl (C=O) groups is 3. The van der Waals surface area contributed by atoms with Gasteiger partial charge in [0.1, 0.15) is 12.3 Å². The summed E-state index contributed by atoms with van der Waals surface area (Å²) >= 11 is 6.15. The topological polar surface area (TPSA) is 167 Å². The van der Waals surface area contributed by atoms with Crippen LogP contribution in [-0.2, 0) is 29.4 Å². The second-order valence-corrected chi connectivity index (χ2v) is 14.5. The molecule has 4 amide bonds. The molecule has 14 nitrogen and oxygen atoms in total. The van der Waals surface area contributed by atoms with Crippen LogP contribution in [0.5, 0.6) is 5.75 Å². The smallest absolute Gasteiger partial charge is 0.416 e. The quantitative estimate of drug-likeness (QED) is 0.256. The molecule has 4 heterocycles. The fourth-order valence-corrected chi connectivity index (χ4v) is 7.85. The molecule has 1 aromatic carbocycles. The number of likely N-dealkylation sites (tertiary alicyclic amines) is 1. The van der Waals surface area contributed by atoms with Crippen molar-refractivity contribution in [2.75, 3.05) is 32.5 Å². The highest BCUT2D eigenvalue weighted by Gasteiger charge is 2.46. The van der Waals surface area contributed by atoms with Gasteiger partial charge in [0.2, 0.25) is 11.7 Å². The number of pyridine rings is 1. The van der Waals surface area contributed by atoms with Crippen molar-refractivity contribution in [3.8, 4) is 5.75 Å². The largest absolute Gasteiger partial charge is 0.505 e. The first-order chi connectivity index (χ1) is 25.6. The normalized spacial score (nSPS) is 18.0. The molecule has 3 N–H and O–H groups in total. The number of piperidine rings is 1. The molecule has 3 aliphatic rings. The minimum atomic E-state index is -4.62. The number of hydrogen-bond acceptors (Lipinski definition) is 8. The number of allylic oxidation sites excluding steroid dienone is 1. The summed E-state index contributed by atoms with van der Waals surface area (Å²) in [5.74, 6) is -0.821. The zero-order chi connectivity index (χ0) is 38.5. The standard InChI is InChI=1S/C36H37ClF3N9O5/c1-46(2)34(54)42-22-8-5-20(6-9-22)30-44-33-48(19-27(51)43-24-10-7-21(18-23(24)37)36(38,39)40)25-11-12-35(28(25)31(52)49(33)45-30)13-16-47(17-14-35)32(53)29-26(50)4-3-15-41-29/h3-5,7,10,15,18,22,50H,6,8-9,11-14,16-17,19H2,1-2H3,(H,42,54)(H,43,51). The molecular formula is C36H37ClF3N9O5. The Morgan fingerprint density at radius 2 is 1.87 bits per heavy atom. The van der Waals surface area contributed by atoms with Gasteiger partial charge in [0.25, 0.3) is 11.5 Å². The van der Waals surface area contributed by atoms with E-state index in [2.05, 4.69) is 20.7 Å². The number of fused-ring (bicyclic) bond motifs is 3. The number of hydrogen-bond donors (Lipinski definition) is 3. The molecular weight excluding hydrogens is 731 g/mol. The number of aromatic hydroxyl groups is 1. The summed E-state index contributed by atoms with van der Waals surface area (Å²) in [6.07, 6.45) is 2.24. The summed E-state index contributed by atoms with van der Waals surface area (Å²) in [6, 6.07) is 5.27. The number of rotatable bonds is 6. The summed E-state index contributed by atoms with van der Waals surface area (Å²) in [5, 5.41) is 20.2. The molecule has 54 heavy (non-hydrogen) atoms. The molecule has 2 aliphatic carbocycles. The zero-order valence-electron chi connectivity index (χ0n) is 29.4. The van der Waals surface area contributed by atoms with Crippen molar-refractivity contribution in [2.45, 2.75) is 69.1 Å². The second kappa shape index (κ2) is 14.1. The summed E-state index contributed by atoms with van der Waals surface area (Å²) in [4.78, 5) is 65.4. The first kappa shape index (κ1) is 36.9. The predicted molar refractivity (Wildman–Crippen MR) is 191 cm³/mol. The van der Waals surface area contributed by atoms with Crippen molar-refractivity contribution in [3.63, 3.8) is 0 Å². The molecule has 18 heteroatoms. The van der Waals surface area contributed by atoms with E-state index in [-0.39, 0.29) is 52.1 Å². The molecule has 1 aliphatic heterocycles. The van der Waals surface area contributed by atoms with Crippen LogP contribution in [0.2, 0.25) is 5.02 Å². The molecule has 1 saturated heterocycles. The molecule has 0 bridgehead atoms. The highest BCUT2D eigenvalue weighted by molar-refractivity contribution is 6.33. The number of nitrogens with one attached hydrogen (secondary N) is 2. The molecule has 1 atom stereocenters. The van der Waals surface area contributed by atoms with Gasteiger partial charge in [-0.3, -0.25) is 14.4 Å². The minimum absolute atomic E-state index is 0.0127. The SMILES string of the molecule is CN(C)C(=O)NC1CC=C(c2nc3n(CC(=O)Nc4ccc(C(F)(F)F)cc4Cl)c4c(c(=O)n3n2)C2(CC4)CCN(C(=O)c3ncccc3O)CC2)CC1. The lowest BCUT2D eigenvalue weighted by atomic mass is 9.74. The van der Waals surface area contributed by atoms with Crippen molar-refractivity contribution in [1.29, 1.82) is 0 Å². The van der Waals surface area contributed by atoms with Gasteiger partial charge in [0, 0.05) is 56.1 Å². The van der Waals surface area contributed by atoms with E-state index in [0.717, 1.165) is 23.8 Å². The monoisotopic (exact) mass is 767 g/mol. The van der Waals surface area contributed by atoms with Crippen LogP contribution >= 0.6 is 11.6 Å². The zero-order valence-corrected chi connectivity index (χ0v) is 30.2. The Morgan fingerprint density at radius 3 is 2.52 bits per heavy atom. The van der Waals surface area contributed by atoms with Gasteiger partial charge in [-0.25, -0.2) is 9.78 Å². The van der Waals surface area contributed by atoms with Crippen LogP contribution in [0, 0.1) is 0 Å². The van der Waals surface area contributed by atoms with Crippen LogP contribution in [0.15, 0.2) is 47.4 Å². The Bertz CT molecular complexity index is 2260. The van der Waals surface area contributed by atoms with Crippen LogP contribution in [-0.4, -0.2) is 90.1 Å². The lowest BCUT2D eigenvalue weighted by Crippen LogP contribution is -2.46. The number of urea groups is 1. The first-order valence-electron chi connectivity index (χ1n) is 17.5. The number of anilines is 1. The van der Waals surface area contributed by atoms with Gasteiger partial charge in [-0.2, -0.15) is 22.7 Å². The van der Waals surface area contributed by atoms with E-state index in [1.165, 1.54) is 27.7 Å². The van der Waals surface area contributed by atoms with Crippen LogP contribution in [0.4, 0.5) is 23.7 Å². The lowest BCUT2D eigenvalue weighted by Gasteiger charge is -2.39. The Kier molecular flexibility index (Phi) is 9.62. The Balaban J connectivity index is 1.22. The molecule has 1 fully saturated rings. The minimum Gasteiger partial charge on any atom is -0.505 e. The van der Waals surface area contributed by atoms with E-state index in [1.54, 1.807) is 23.6 Å². The number of benzene rings is 1. The predicted octanol–water partition coefficient (Wildman–Crippen LogP) is 4.63. The van der Waals surface area contributed by atoms with E-state index in [1.807, 2.05) is 6.08 Å². The van der Waals surface area contributed by atoms with E-state index in [9.17, 15) is 37.5 Å². The van der Waals surface area contributed by atoms with E-state index in [4.69, 9.17) is 16.6 Å². The van der Waals surface area contributed by atoms with Crippen LogP contribution in [0.1, 0.15) is 71.7 Å². The van der Waals surface area contributed by atoms with Crippen molar-refractivity contribution >= 4 is 46.5 Å².